The van der Waals surface area contributed by atoms with Gasteiger partial charge in [0.2, 0.25) is 0 Å². The monoisotopic (exact) mass is 484 g/mol. The molecule has 9 nitrogen and oxygen atoms in total. The van der Waals surface area contributed by atoms with Gasteiger partial charge in [-0.05, 0) is 37.5 Å². The minimum absolute atomic E-state index is 0.339. The molecule has 0 unspecified atom stereocenters. The molecule has 33 heavy (non-hydrogen) atoms. The van der Waals surface area contributed by atoms with Crippen LogP contribution in [0.1, 0.15) is 51.1 Å². The van der Waals surface area contributed by atoms with E-state index in [4.69, 9.17) is 5.11 Å². The van der Waals surface area contributed by atoms with E-state index in [2.05, 4.69) is 0 Å². The van der Waals surface area contributed by atoms with Crippen molar-refractivity contribution in [1.29, 1.82) is 0 Å². The number of anilines is 1. The number of piperidine rings is 1. The molecule has 178 valence electrons. The van der Waals surface area contributed by atoms with Crippen LogP contribution in [0.3, 0.4) is 0 Å². The Balaban J connectivity index is 2.11. The lowest BCUT2D eigenvalue weighted by Gasteiger charge is -2.29. The Bertz CT molecular complexity index is 1160. The number of carbonyl (C=O) groups excluding carboxylic acids is 1. The smallest absolute Gasteiger partial charge is 0.335 e. The number of carbonyl (C=O) groups is 2. The van der Waals surface area contributed by atoms with Crippen LogP contribution in [-0.2, 0) is 23.2 Å². The fourth-order valence-corrected chi connectivity index (χ4v) is 4.79. The van der Waals surface area contributed by atoms with Crippen molar-refractivity contribution in [2.45, 2.75) is 37.4 Å². The summed E-state index contributed by atoms with van der Waals surface area (Å²) in [6, 6.07) is 4.11. The van der Waals surface area contributed by atoms with Crippen LogP contribution in [0.2, 0.25) is 0 Å². The Morgan fingerprint density at radius 3 is 2.09 bits per heavy atom. The molecule has 0 bridgehead atoms. The Morgan fingerprint density at radius 2 is 1.58 bits per heavy atom. The third kappa shape index (κ3) is 4.82. The minimum Gasteiger partial charge on any atom is -0.478 e. The average Bonchev–Trinajstić information content (AvgIpc) is 2.81. The molecule has 0 spiro atoms. The quantitative estimate of drug-likeness (QED) is 0.471. The minimum atomic E-state index is -4.67. The Labute approximate surface area is 188 Å². The number of rotatable bonds is 7. The van der Waals surface area contributed by atoms with Gasteiger partial charge in [0.05, 0.1) is 29.2 Å². The highest BCUT2D eigenvalue weighted by Crippen LogP contribution is 2.33. The molecule has 1 aliphatic heterocycles. The fraction of sp³-hybridized carbons (Fsp3) is 0.333. The third-order valence-electron chi connectivity index (χ3n) is 5.37. The maximum Gasteiger partial charge on any atom is 0.335 e. The first kappa shape index (κ1) is 24.6. The summed E-state index contributed by atoms with van der Waals surface area (Å²) in [6.45, 7) is -1.44. The van der Waals surface area contributed by atoms with Gasteiger partial charge in [0.1, 0.15) is 5.69 Å². The molecule has 1 fully saturated rings. The van der Waals surface area contributed by atoms with Gasteiger partial charge < -0.3 is 20.2 Å². The summed E-state index contributed by atoms with van der Waals surface area (Å²) in [4.78, 5) is 24.9. The number of benzene rings is 2. The molecular formula is C21H22F2N2O7S. The van der Waals surface area contributed by atoms with Gasteiger partial charge in [-0.1, -0.05) is 6.07 Å². The first-order valence-electron chi connectivity index (χ1n) is 10.0. The lowest BCUT2D eigenvalue weighted by Crippen LogP contribution is -2.37. The normalized spacial score (nSPS) is 14.2. The van der Waals surface area contributed by atoms with Crippen LogP contribution in [0.25, 0.3) is 0 Å². The van der Waals surface area contributed by atoms with E-state index in [1.54, 1.807) is 4.72 Å². The van der Waals surface area contributed by atoms with Crippen molar-refractivity contribution in [3.63, 3.8) is 0 Å². The number of hydrogen-bond donors (Lipinski definition) is 4. The highest BCUT2D eigenvalue weighted by Gasteiger charge is 2.32. The topological polar surface area (TPSA) is 144 Å². The van der Waals surface area contributed by atoms with E-state index in [0.29, 0.717) is 25.9 Å². The molecule has 12 heteroatoms. The molecule has 2 aromatic carbocycles. The molecule has 1 saturated heterocycles. The van der Waals surface area contributed by atoms with Crippen LogP contribution in [-0.4, -0.2) is 53.6 Å². The average molecular weight is 484 g/mol. The van der Waals surface area contributed by atoms with Crippen LogP contribution in [0, 0.1) is 11.6 Å². The standard InChI is InChI=1S/C21H22F2N2O7S/c22-17-14(10-26)16(20(28)25-7-2-1-3-8-25)15(11-27)18(23)19(17)24-33(31,32)13-6-4-5-12(9-13)21(29)30/h4-6,9,24,26-27H,1-3,7-8,10-11H2,(H,29,30). The van der Waals surface area contributed by atoms with Crippen LogP contribution < -0.4 is 4.72 Å². The lowest BCUT2D eigenvalue weighted by molar-refractivity contribution is 0.0693. The van der Waals surface area contributed by atoms with Crippen molar-refractivity contribution in [1.82, 2.24) is 4.90 Å². The maximum atomic E-state index is 15.2. The number of amides is 1. The zero-order chi connectivity index (χ0) is 24.3. The summed E-state index contributed by atoms with van der Waals surface area (Å²) < 4.78 is 57.6. The number of carboxylic acids is 1. The number of halogens is 2. The van der Waals surface area contributed by atoms with Crippen LogP contribution in [0.4, 0.5) is 14.5 Å². The van der Waals surface area contributed by atoms with E-state index < -0.39 is 74.0 Å². The van der Waals surface area contributed by atoms with Crippen LogP contribution in [0.15, 0.2) is 29.2 Å². The number of nitrogens with one attached hydrogen (secondary N) is 1. The van der Waals surface area contributed by atoms with E-state index >= 15 is 8.78 Å². The lowest BCUT2D eigenvalue weighted by atomic mass is 9.96. The molecule has 1 aliphatic rings. The summed E-state index contributed by atoms with van der Waals surface area (Å²) in [6.07, 6.45) is 2.26. The van der Waals surface area contributed by atoms with Crippen molar-refractivity contribution in [2.75, 3.05) is 17.8 Å². The van der Waals surface area contributed by atoms with Gasteiger partial charge in [0.15, 0.2) is 11.6 Å². The largest absolute Gasteiger partial charge is 0.478 e. The number of carboxylic acid groups (broad SMARTS) is 1. The highest BCUT2D eigenvalue weighted by atomic mass is 32.2. The molecule has 0 radical (unpaired) electrons. The van der Waals surface area contributed by atoms with Gasteiger partial charge in [0, 0.05) is 24.2 Å². The first-order chi connectivity index (χ1) is 15.6. The summed E-state index contributed by atoms with van der Waals surface area (Å²) in [5, 5.41) is 28.5. The summed E-state index contributed by atoms with van der Waals surface area (Å²) in [5.74, 6) is -5.20. The number of aliphatic hydroxyl groups excluding tert-OH is 2. The second-order valence-corrected chi connectivity index (χ2v) is 9.13. The SMILES string of the molecule is O=C(O)c1cccc(S(=O)(=O)Nc2c(F)c(CO)c(C(=O)N3CCCCC3)c(CO)c2F)c1. The first-order valence-corrected chi connectivity index (χ1v) is 11.5. The predicted octanol–water partition coefficient (Wildman–Crippen LogP) is 2.07. The highest BCUT2D eigenvalue weighted by molar-refractivity contribution is 7.92. The van der Waals surface area contributed by atoms with Crippen molar-refractivity contribution in [3.8, 4) is 0 Å². The van der Waals surface area contributed by atoms with Crippen molar-refractivity contribution >= 4 is 27.6 Å². The Morgan fingerprint density at radius 1 is 1.00 bits per heavy atom. The van der Waals surface area contributed by atoms with Crippen molar-refractivity contribution in [2.24, 2.45) is 0 Å². The van der Waals surface area contributed by atoms with Crippen LogP contribution in [0.5, 0.6) is 0 Å². The zero-order valence-electron chi connectivity index (χ0n) is 17.3. The number of sulfonamides is 1. The van der Waals surface area contributed by atoms with Crippen molar-refractivity contribution < 1.29 is 42.1 Å². The summed E-state index contributed by atoms with van der Waals surface area (Å²) in [5.41, 5.74) is -3.43. The van der Waals surface area contributed by atoms with Gasteiger partial charge in [0.25, 0.3) is 15.9 Å². The molecule has 0 saturated carbocycles. The van der Waals surface area contributed by atoms with E-state index in [0.717, 1.165) is 30.7 Å². The number of aromatic carboxylic acids is 1. The molecule has 0 aromatic heterocycles. The summed E-state index contributed by atoms with van der Waals surface area (Å²) >= 11 is 0. The maximum absolute atomic E-state index is 15.2. The Hall–Kier alpha value is -3.09. The predicted molar refractivity (Wildman–Crippen MR) is 112 cm³/mol. The van der Waals surface area contributed by atoms with Gasteiger partial charge in [-0.3, -0.25) is 9.52 Å². The van der Waals surface area contributed by atoms with Gasteiger partial charge in [-0.2, -0.15) is 0 Å². The molecular weight excluding hydrogens is 462 g/mol. The van der Waals surface area contributed by atoms with E-state index in [1.807, 2.05) is 0 Å². The van der Waals surface area contributed by atoms with Crippen molar-refractivity contribution in [3.05, 3.63) is 58.2 Å². The number of aliphatic hydroxyl groups is 2. The zero-order valence-corrected chi connectivity index (χ0v) is 18.2. The fourth-order valence-electron chi connectivity index (χ4n) is 3.69. The van der Waals surface area contributed by atoms with Gasteiger partial charge in [-0.25, -0.2) is 22.0 Å². The van der Waals surface area contributed by atoms with E-state index in [1.165, 1.54) is 4.90 Å². The number of nitrogens with zero attached hydrogens (tertiary/aromatic N) is 1. The van der Waals surface area contributed by atoms with Gasteiger partial charge in [-0.15, -0.1) is 0 Å². The molecule has 3 rings (SSSR count). The molecule has 0 atom stereocenters. The second kappa shape index (κ2) is 9.81. The van der Waals surface area contributed by atoms with Gasteiger partial charge >= 0.3 is 5.97 Å². The van der Waals surface area contributed by atoms with E-state index in [9.17, 15) is 28.2 Å². The molecule has 1 heterocycles. The molecule has 4 N–H and O–H groups in total. The van der Waals surface area contributed by atoms with Crippen LogP contribution >= 0.6 is 0 Å². The second-order valence-electron chi connectivity index (χ2n) is 7.44. The number of likely N-dealkylation sites (tertiary alicyclic amines) is 1. The van der Waals surface area contributed by atoms with E-state index in [-0.39, 0.29) is 5.56 Å². The Kier molecular flexibility index (Phi) is 7.30. The molecule has 2 aromatic rings. The summed E-state index contributed by atoms with van der Waals surface area (Å²) in [7, 11) is -4.67. The number of hydrogen-bond acceptors (Lipinski definition) is 6. The molecule has 1 amide bonds. The third-order valence-corrected chi connectivity index (χ3v) is 6.72. The molecule has 0 aliphatic carbocycles.